The van der Waals surface area contributed by atoms with E-state index in [9.17, 15) is 9.59 Å². The van der Waals surface area contributed by atoms with Crippen LogP contribution in [0.5, 0.6) is 5.75 Å². The fraction of sp³-hybridized carbons (Fsp3) is 0.312. The number of aromatic amines is 1. The molecule has 3 aromatic carbocycles. The standard InChI is InChI=1S/C32H35N3O3/c1-38-30-14-8-5-11-26(30)22-34(20-19-25-21-33-29-13-7-6-12-28(25)29)32(37)23-35(27-16-17-27)31(36)18-15-24-9-3-2-4-10-24/h2-14,21,27,33H,15-20,22-23H2,1H3. The third-order valence-corrected chi connectivity index (χ3v) is 7.32. The number of carbonyl (C=O) groups excluding carboxylic acids is 2. The molecule has 5 rings (SSSR count). The second-order valence-electron chi connectivity index (χ2n) is 9.98. The van der Waals surface area contributed by atoms with E-state index in [4.69, 9.17) is 4.74 Å². The molecule has 6 heteroatoms. The predicted octanol–water partition coefficient (Wildman–Crippen LogP) is 5.37. The number of rotatable bonds is 12. The molecule has 38 heavy (non-hydrogen) atoms. The number of benzene rings is 3. The molecule has 0 saturated heterocycles. The summed E-state index contributed by atoms with van der Waals surface area (Å²) in [7, 11) is 1.65. The first-order valence-electron chi connectivity index (χ1n) is 13.4. The summed E-state index contributed by atoms with van der Waals surface area (Å²) in [6.07, 6.45) is 5.77. The molecule has 4 aromatic rings. The molecule has 0 spiro atoms. The largest absolute Gasteiger partial charge is 0.496 e. The van der Waals surface area contributed by atoms with Crippen LogP contribution in [0, 0.1) is 0 Å². The van der Waals surface area contributed by atoms with E-state index in [1.165, 1.54) is 10.9 Å². The molecule has 1 aromatic heterocycles. The van der Waals surface area contributed by atoms with E-state index in [1.807, 2.05) is 82.7 Å². The average Bonchev–Trinajstić information content (AvgIpc) is 3.72. The first kappa shape index (κ1) is 25.6. The molecule has 6 nitrogen and oxygen atoms in total. The van der Waals surface area contributed by atoms with E-state index in [0.29, 0.717) is 25.9 Å². The molecule has 2 amide bonds. The predicted molar refractivity (Wildman–Crippen MR) is 150 cm³/mol. The Morgan fingerprint density at radius 3 is 2.39 bits per heavy atom. The zero-order valence-corrected chi connectivity index (χ0v) is 21.9. The van der Waals surface area contributed by atoms with Gasteiger partial charge in [-0.25, -0.2) is 0 Å². The summed E-state index contributed by atoms with van der Waals surface area (Å²) in [4.78, 5) is 34.0. The van der Waals surface area contributed by atoms with Gasteiger partial charge in [-0.05, 0) is 48.9 Å². The SMILES string of the molecule is COc1ccccc1CN(CCc1c[nH]c2ccccc12)C(=O)CN(C(=O)CCc1ccccc1)C1CC1. The molecule has 1 fully saturated rings. The van der Waals surface area contributed by atoms with Crippen LogP contribution in [-0.2, 0) is 29.0 Å². The number of nitrogens with zero attached hydrogens (tertiary/aromatic N) is 2. The highest BCUT2D eigenvalue weighted by Gasteiger charge is 2.34. The van der Waals surface area contributed by atoms with E-state index < -0.39 is 0 Å². The summed E-state index contributed by atoms with van der Waals surface area (Å²) >= 11 is 0. The molecule has 1 heterocycles. The average molecular weight is 510 g/mol. The van der Waals surface area contributed by atoms with Crippen molar-refractivity contribution < 1.29 is 14.3 Å². The maximum atomic E-state index is 13.8. The van der Waals surface area contributed by atoms with Gasteiger partial charge in [-0.3, -0.25) is 9.59 Å². The summed E-state index contributed by atoms with van der Waals surface area (Å²) in [6, 6.07) is 26.2. The van der Waals surface area contributed by atoms with Gasteiger partial charge in [-0.2, -0.15) is 0 Å². The van der Waals surface area contributed by atoms with Gasteiger partial charge >= 0.3 is 0 Å². The van der Waals surface area contributed by atoms with Crippen LogP contribution in [0.1, 0.15) is 36.0 Å². The van der Waals surface area contributed by atoms with Gasteiger partial charge in [0.1, 0.15) is 12.3 Å². The van der Waals surface area contributed by atoms with Crippen molar-refractivity contribution in [3.63, 3.8) is 0 Å². The Balaban J connectivity index is 1.31. The zero-order chi connectivity index (χ0) is 26.3. The molecule has 1 saturated carbocycles. The second kappa shape index (κ2) is 12.0. The van der Waals surface area contributed by atoms with Crippen molar-refractivity contribution >= 4 is 22.7 Å². The van der Waals surface area contributed by atoms with Gasteiger partial charge in [-0.15, -0.1) is 0 Å². The third-order valence-electron chi connectivity index (χ3n) is 7.32. The van der Waals surface area contributed by atoms with E-state index in [2.05, 4.69) is 17.1 Å². The van der Waals surface area contributed by atoms with E-state index in [-0.39, 0.29) is 24.4 Å². The van der Waals surface area contributed by atoms with Gasteiger partial charge in [0.15, 0.2) is 0 Å². The quantitative estimate of drug-likeness (QED) is 0.279. The smallest absolute Gasteiger partial charge is 0.242 e. The number of hydrogen-bond acceptors (Lipinski definition) is 3. The summed E-state index contributed by atoms with van der Waals surface area (Å²) in [5.41, 5.74) is 4.36. The van der Waals surface area contributed by atoms with Crippen LogP contribution in [0.3, 0.4) is 0 Å². The molecule has 0 radical (unpaired) electrons. The normalized spacial score (nSPS) is 12.9. The number of H-pyrrole nitrogens is 1. The highest BCUT2D eigenvalue weighted by atomic mass is 16.5. The molecule has 0 bridgehead atoms. The number of methoxy groups -OCH3 is 1. The van der Waals surface area contributed by atoms with E-state index in [1.54, 1.807) is 7.11 Å². The molecule has 1 aliphatic carbocycles. The molecule has 0 aliphatic heterocycles. The van der Waals surface area contributed by atoms with Crippen molar-refractivity contribution in [2.45, 2.75) is 44.7 Å². The number of ether oxygens (including phenoxy) is 1. The second-order valence-corrected chi connectivity index (χ2v) is 9.98. The lowest BCUT2D eigenvalue weighted by atomic mass is 10.1. The van der Waals surface area contributed by atoms with E-state index in [0.717, 1.165) is 41.7 Å². The number of para-hydroxylation sites is 2. The molecule has 0 unspecified atom stereocenters. The number of nitrogens with one attached hydrogen (secondary N) is 1. The molecule has 0 atom stereocenters. The van der Waals surface area contributed by atoms with Gasteiger partial charge in [0, 0.05) is 48.2 Å². The van der Waals surface area contributed by atoms with Gasteiger partial charge in [0.2, 0.25) is 11.8 Å². The number of amides is 2. The van der Waals surface area contributed by atoms with Gasteiger partial charge in [-0.1, -0.05) is 66.7 Å². The third kappa shape index (κ3) is 6.25. The zero-order valence-electron chi connectivity index (χ0n) is 21.9. The summed E-state index contributed by atoms with van der Waals surface area (Å²) in [5.74, 6) is 0.782. The number of fused-ring (bicyclic) bond motifs is 1. The summed E-state index contributed by atoms with van der Waals surface area (Å²) in [6.45, 7) is 1.10. The summed E-state index contributed by atoms with van der Waals surface area (Å²) in [5, 5.41) is 1.17. The fourth-order valence-corrected chi connectivity index (χ4v) is 5.02. The number of hydrogen-bond donors (Lipinski definition) is 1. The Bertz CT molecular complexity index is 1380. The monoisotopic (exact) mass is 509 g/mol. The number of aryl methyl sites for hydroxylation is 1. The Morgan fingerprint density at radius 2 is 1.61 bits per heavy atom. The molecule has 196 valence electrons. The van der Waals surface area contributed by atoms with Crippen LogP contribution < -0.4 is 4.74 Å². The maximum absolute atomic E-state index is 13.8. The highest BCUT2D eigenvalue weighted by Crippen LogP contribution is 2.28. The van der Waals surface area contributed by atoms with Crippen LogP contribution in [0.4, 0.5) is 0 Å². The highest BCUT2D eigenvalue weighted by molar-refractivity contribution is 5.86. The van der Waals surface area contributed by atoms with Crippen LogP contribution in [0.2, 0.25) is 0 Å². The molecule has 1 N–H and O–H groups in total. The van der Waals surface area contributed by atoms with Gasteiger partial charge in [0.05, 0.1) is 7.11 Å². The minimum Gasteiger partial charge on any atom is -0.496 e. The number of aromatic nitrogens is 1. The Hall–Kier alpha value is -4.06. The van der Waals surface area contributed by atoms with Crippen LogP contribution in [0.15, 0.2) is 85.1 Å². The Morgan fingerprint density at radius 1 is 0.868 bits per heavy atom. The van der Waals surface area contributed by atoms with Crippen LogP contribution in [-0.4, -0.2) is 52.8 Å². The molecular formula is C32H35N3O3. The van der Waals surface area contributed by atoms with Crippen molar-refractivity contribution in [2.75, 3.05) is 20.2 Å². The maximum Gasteiger partial charge on any atom is 0.242 e. The molecular weight excluding hydrogens is 474 g/mol. The molecule has 1 aliphatic rings. The van der Waals surface area contributed by atoms with Gasteiger partial charge in [0.25, 0.3) is 0 Å². The first-order chi connectivity index (χ1) is 18.6. The minimum absolute atomic E-state index is 0.0318. The van der Waals surface area contributed by atoms with Crippen LogP contribution >= 0.6 is 0 Å². The summed E-state index contributed by atoms with van der Waals surface area (Å²) < 4.78 is 5.57. The Kier molecular flexibility index (Phi) is 8.07. The van der Waals surface area contributed by atoms with Crippen molar-refractivity contribution in [1.82, 2.24) is 14.8 Å². The van der Waals surface area contributed by atoms with E-state index >= 15 is 0 Å². The van der Waals surface area contributed by atoms with Crippen LogP contribution in [0.25, 0.3) is 10.9 Å². The topological polar surface area (TPSA) is 65.6 Å². The fourth-order valence-electron chi connectivity index (χ4n) is 5.02. The van der Waals surface area contributed by atoms with Crippen molar-refractivity contribution in [2.24, 2.45) is 0 Å². The van der Waals surface area contributed by atoms with Crippen molar-refractivity contribution in [3.05, 3.63) is 102 Å². The Labute approximate surface area is 224 Å². The van der Waals surface area contributed by atoms with Crippen molar-refractivity contribution in [3.8, 4) is 5.75 Å². The minimum atomic E-state index is -0.0318. The first-order valence-corrected chi connectivity index (χ1v) is 13.4. The number of carbonyl (C=O) groups is 2. The lowest BCUT2D eigenvalue weighted by Gasteiger charge is -2.28. The van der Waals surface area contributed by atoms with Crippen molar-refractivity contribution in [1.29, 1.82) is 0 Å². The lowest BCUT2D eigenvalue weighted by molar-refractivity contribution is -0.141. The van der Waals surface area contributed by atoms with Gasteiger partial charge < -0.3 is 19.5 Å². The lowest BCUT2D eigenvalue weighted by Crippen LogP contribution is -2.44.